The van der Waals surface area contributed by atoms with Crippen LogP contribution in [0.1, 0.15) is 44.4 Å². The summed E-state index contributed by atoms with van der Waals surface area (Å²) in [5, 5.41) is 12.0. The van der Waals surface area contributed by atoms with Gasteiger partial charge in [-0.25, -0.2) is 0 Å². The molecule has 3 heteroatoms. The first-order valence-corrected chi connectivity index (χ1v) is 6.22. The summed E-state index contributed by atoms with van der Waals surface area (Å²) in [5.41, 5.74) is 1.28. The summed E-state index contributed by atoms with van der Waals surface area (Å²) in [6.07, 6.45) is 0.510. The Morgan fingerprint density at radius 2 is 2.11 bits per heavy atom. The molecule has 1 aromatic carbocycles. The van der Waals surface area contributed by atoms with Gasteiger partial charge in [0.15, 0.2) is 0 Å². The van der Waals surface area contributed by atoms with Gasteiger partial charge in [0.25, 0.3) is 0 Å². The maximum absolute atomic E-state index is 12.1. The number of benzene rings is 1. The third-order valence-electron chi connectivity index (χ3n) is 3.46. The first kappa shape index (κ1) is 14.2. The van der Waals surface area contributed by atoms with Crippen LogP contribution in [0, 0.1) is 23.7 Å². The summed E-state index contributed by atoms with van der Waals surface area (Å²) in [6, 6.07) is 9.94. The zero-order valence-corrected chi connectivity index (χ0v) is 11.4. The van der Waals surface area contributed by atoms with Gasteiger partial charge in [-0.2, -0.15) is 5.26 Å². The van der Waals surface area contributed by atoms with Crippen LogP contribution in [0.3, 0.4) is 0 Å². The monoisotopic (exact) mass is 244 g/mol. The average molecular weight is 244 g/mol. The van der Waals surface area contributed by atoms with Gasteiger partial charge in [-0.3, -0.25) is 4.79 Å². The van der Waals surface area contributed by atoms with Crippen molar-refractivity contribution in [3.63, 3.8) is 0 Å². The fourth-order valence-corrected chi connectivity index (χ4v) is 1.80. The second-order valence-corrected chi connectivity index (χ2v) is 4.85. The van der Waals surface area contributed by atoms with Gasteiger partial charge in [0, 0.05) is 0 Å². The van der Waals surface area contributed by atoms with E-state index >= 15 is 0 Å². The highest BCUT2D eigenvalue weighted by Gasteiger charge is 2.32. The van der Waals surface area contributed by atoms with E-state index in [1.165, 1.54) is 0 Å². The molecule has 0 aliphatic carbocycles. The summed E-state index contributed by atoms with van der Waals surface area (Å²) in [7, 11) is 0. The Morgan fingerprint density at radius 1 is 1.50 bits per heavy atom. The Balaban J connectivity index is 2.84. The summed E-state index contributed by atoms with van der Waals surface area (Å²) in [5.74, 6) is -0.205. The molecule has 0 bridgehead atoms. The Labute approximate surface area is 109 Å². The molecule has 0 heterocycles. The number of nitriles is 1. The van der Waals surface area contributed by atoms with Crippen molar-refractivity contribution in [3.8, 4) is 6.07 Å². The van der Waals surface area contributed by atoms with Crippen LogP contribution in [0.2, 0.25) is 0 Å². The Bertz CT molecular complexity index is 476. The lowest BCUT2D eigenvalue weighted by Crippen LogP contribution is -2.39. The molecule has 18 heavy (non-hydrogen) atoms. The van der Waals surface area contributed by atoms with Gasteiger partial charge in [0.2, 0.25) is 5.91 Å². The Hall–Kier alpha value is -1.82. The van der Waals surface area contributed by atoms with Gasteiger partial charge in [0.05, 0.1) is 12.1 Å². The number of amides is 1. The molecule has 0 spiro atoms. The number of hydrogen-bond donors (Lipinski definition) is 1. The molecule has 1 amide bonds. The van der Waals surface area contributed by atoms with Crippen molar-refractivity contribution in [2.45, 2.75) is 40.2 Å². The van der Waals surface area contributed by atoms with E-state index in [2.05, 4.69) is 11.4 Å². The van der Waals surface area contributed by atoms with Gasteiger partial charge < -0.3 is 5.32 Å². The van der Waals surface area contributed by atoms with Gasteiger partial charge in [-0.1, -0.05) is 31.2 Å². The van der Waals surface area contributed by atoms with Crippen LogP contribution < -0.4 is 5.32 Å². The normalized spacial score (nSPS) is 15.3. The molecule has 1 rings (SSSR count). The molecule has 0 saturated carbocycles. The van der Waals surface area contributed by atoms with E-state index in [4.69, 9.17) is 5.26 Å². The van der Waals surface area contributed by atoms with E-state index in [0.29, 0.717) is 6.42 Å². The number of carbonyl (C=O) groups excluding carboxylic acids is 1. The van der Waals surface area contributed by atoms with Crippen LogP contribution in [0.25, 0.3) is 0 Å². The molecule has 3 nitrogen and oxygen atoms in total. The average Bonchev–Trinajstić information content (AvgIpc) is 2.38. The predicted molar refractivity (Wildman–Crippen MR) is 71.7 cm³/mol. The van der Waals surface area contributed by atoms with Crippen LogP contribution in [0.5, 0.6) is 0 Å². The van der Waals surface area contributed by atoms with Crippen LogP contribution in [0.4, 0.5) is 0 Å². The number of hydrogen-bond acceptors (Lipinski definition) is 2. The third kappa shape index (κ3) is 2.89. The zero-order chi connectivity index (χ0) is 13.8. The molecule has 2 atom stereocenters. The van der Waals surface area contributed by atoms with Gasteiger partial charge >= 0.3 is 0 Å². The number of rotatable bonds is 4. The van der Waals surface area contributed by atoms with Gasteiger partial charge in [-0.15, -0.1) is 0 Å². The molecular formula is C15H20N2O. The van der Waals surface area contributed by atoms with E-state index in [0.717, 1.165) is 11.1 Å². The molecule has 0 aliphatic rings. The van der Waals surface area contributed by atoms with Crippen molar-refractivity contribution in [1.29, 1.82) is 5.26 Å². The lowest BCUT2D eigenvalue weighted by molar-refractivity contribution is -0.128. The minimum atomic E-state index is -0.947. The minimum Gasteiger partial charge on any atom is -0.348 e. The van der Waals surface area contributed by atoms with Crippen molar-refractivity contribution in [1.82, 2.24) is 5.32 Å². The van der Waals surface area contributed by atoms with Crippen LogP contribution in [-0.2, 0) is 4.79 Å². The molecule has 96 valence electrons. The topological polar surface area (TPSA) is 52.9 Å². The van der Waals surface area contributed by atoms with Crippen molar-refractivity contribution < 1.29 is 4.79 Å². The highest BCUT2D eigenvalue weighted by atomic mass is 16.2. The van der Waals surface area contributed by atoms with Crippen molar-refractivity contribution in [3.05, 3.63) is 35.4 Å². The first-order chi connectivity index (χ1) is 8.44. The first-order valence-electron chi connectivity index (χ1n) is 6.22. The fourth-order valence-electron chi connectivity index (χ4n) is 1.80. The van der Waals surface area contributed by atoms with E-state index in [9.17, 15) is 4.79 Å². The SMILES string of the molecule is CCC(C)(C#N)C(=O)NC(C)c1ccccc1C. The van der Waals surface area contributed by atoms with E-state index < -0.39 is 5.41 Å². The lowest BCUT2D eigenvalue weighted by atomic mass is 9.88. The summed E-state index contributed by atoms with van der Waals surface area (Å²) in [4.78, 5) is 12.1. The Morgan fingerprint density at radius 3 is 2.61 bits per heavy atom. The standard InChI is InChI=1S/C15H20N2O/c1-5-15(4,10-16)14(18)17-12(3)13-9-7-6-8-11(13)2/h6-9,12H,5H2,1-4H3,(H,17,18). The largest absolute Gasteiger partial charge is 0.348 e. The molecule has 0 radical (unpaired) electrons. The second kappa shape index (κ2) is 5.68. The van der Waals surface area contributed by atoms with E-state index in [1.807, 2.05) is 45.0 Å². The quantitative estimate of drug-likeness (QED) is 0.884. The maximum atomic E-state index is 12.1. The van der Waals surface area contributed by atoms with Crippen molar-refractivity contribution >= 4 is 5.91 Å². The summed E-state index contributed by atoms with van der Waals surface area (Å²) in [6.45, 7) is 7.48. The van der Waals surface area contributed by atoms with Crippen LogP contribution in [0.15, 0.2) is 24.3 Å². The molecule has 1 N–H and O–H groups in total. The highest BCUT2D eigenvalue weighted by Crippen LogP contribution is 2.23. The predicted octanol–water partition coefficient (Wildman–Crippen LogP) is 3.11. The number of aryl methyl sites for hydroxylation is 1. The third-order valence-corrected chi connectivity index (χ3v) is 3.46. The lowest BCUT2D eigenvalue weighted by Gasteiger charge is -2.23. The molecule has 1 aromatic rings. The summed E-state index contributed by atoms with van der Waals surface area (Å²) >= 11 is 0. The van der Waals surface area contributed by atoms with Crippen molar-refractivity contribution in [2.75, 3.05) is 0 Å². The number of nitrogens with one attached hydrogen (secondary N) is 1. The fraction of sp³-hybridized carbons (Fsp3) is 0.467. The molecule has 0 aliphatic heterocycles. The van der Waals surface area contributed by atoms with E-state index in [1.54, 1.807) is 6.92 Å². The second-order valence-electron chi connectivity index (χ2n) is 4.85. The molecule has 0 saturated heterocycles. The smallest absolute Gasteiger partial charge is 0.240 e. The van der Waals surface area contributed by atoms with Crippen LogP contribution in [-0.4, -0.2) is 5.91 Å². The van der Waals surface area contributed by atoms with Gasteiger partial charge in [-0.05, 0) is 38.3 Å². The van der Waals surface area contributed by atoms with Gasteiger partial charge in [0.1, 0.15) is 5.41 Å². The Kier molecular flexibility index (Phi) is 4.49. The zero-order valence-electron chi connectivity index (χ0n) is 11.4. The molecule has 0 fully saturated rings. The summed E-state index contributed by atoms with van der Waals surface area (Å²) < 4.78 is 0. The minimum absolute atomic E-state index is 0.0853. The number of carbonyl (C=O) groups is 1. The highest BCUT2D eigenvalue weighted by molar-refractivity contribution is 5.85. The van der Waals surface area contributed by atoms with E-state index in [-0.39, 0.29) is 11.9 Å². The molecule has 2 unspecified atom stereocenters. The number of nitrogens with zero attached hydrogens (tertiary/aromatic N) is 1. The van der Waals surface area contributed by atoms with Crippen molar-refractivity contribution in [2.24, 2.45) is 5.41 Å². The molecular weight excluding hydrogens is 224 g/mol. The maximum Gasteiger partial charge on any atom is 0.240 e. The van der Waals surface area contributed by atoms with Crippen LogP contribution >= 0.6 is 0 Å². The molecule has 0 aromatic heterocycles.